The highest BCUT2D eigenvalue weighted by Gasteiger charge is 2.02. The molecule has 0 N–H and O–H groups in total. The van der Waals surface area contributed by atoms with Crippen molar-refractivity contribution in [3.63, 3.8) is 0 Å². The number of hydrogen-bond acceptors (Lipinski definition) is 2. The van der Waals surface area contributed by atoms with E-state index in [1.165, 1.54) is 10.9 Å². The van der Waals surface area contributed by atoms with E-state index in [2.05, 4.69) is 29.0 Å². The third-order valence-electron chi connectivity index (χ3n) is 2.95. The van der Waals surface area contributed by atoms with Crippen LogP contribution in [0.1, 0.15) is 20.3 Å². The molecule has 1 heterocycles. The average Bonchev–Trinajstić information content (AvgIpc) is 2.78. The Kier molecular flexibility index (Phi) is 4.65. The van der Waals surface area contributed by atoms with Crippen LogP contribution in [0.3, 0.4) is 0 Å². The van der Waals surface area contributed by atoms with Gasteiger partial charge in [0.15, 0.2) is 0 Å². The quantitative estimate of drug-likeness (QED) is 0.699. The lowest BCUT2D eigenvalue weighted by molar-refractivity contribution is 0.142. The summed E-state index contributed by atoms with van der Waals surface area (Å²) in [5.41, 5.74) is 1.26. The fourth-order valence-electron chi connectivity index (χ4n) is 2.11. The smallest absolute Gasteiger partial charge is 0.120 e. The number of benzene rings is 1. The highest BCUT2D eigenvalue weighted by Crippen LogP contribution is 2.22. The van der Waals surface area contributed by atoms with E-state index in [1.807, 2.05) is 19.9 Å². The molecule has 0 fully saturated rings. The molecular weight excluding hydrogens is 226 g/mol. The summed E-state index contributed by atoms with van der Waals surface area (Å²) in [5.74, 6) is 0.942. The van der Waals surface area contributed by atoms with Gasteiger partial charge in [-0.1, -0.05) is 0 Å². The van der Waals surface area contributed by atoms with E-state index >= 15 is 0 Å². The largest absolute Gasteiger partial charge is 0.494 e. The highest BCUT2D eigenvalue weighted by atomic mass is 16.5. The van der Waals surface area contributed by atoms with Crippen molar-refractivity contribution in [2.45, 2.75) is 26.8 Å². The normalized spacial score (nSPS) is 11.0. The fourth-order valence-corrected chi connectivity index (χ4v) is 2.11. The van der Waals surface area contributed by atoms with Crippen LogP contribution >= 0.6 is 0 Å². The van der Waals surface area contributed by atoms with Crippen molar-refractivity contribution in [2.24, 2.45) is 0 Å². The van der Waals surface area contributed by atoms with E-state index in [-0.39, 0.29) is 0 Å². The Bertz CT molecular complexity index is 490. The van der Waals surface area contributed by atoms with Crippen molar-refractivity contribution in [1.82, 2.24) is 4.57 Å². The number of nitrogens with zero attached hydrogens (tertiary/aromatic N) is 1. The van der Waals surface area contributed by atoms with E-state index in [4.69, 9.17) is 9.47 Å². The number of aromatic nitrogens is 1. The van der Waals surface area contributed by atoms with Gasteiger partial charge in [-0.2, -0.15) is 0 Å². The second-order valence-electron chi connectivity index (χ2n) is 4.21. The van der Waals surface area contributed by atoms with E-state index in [0.29, 0.717) is 6.61 Å². The SMILES string of the molecule is CCOCCCn1ccc2cc(OCC)ccc21. The lowest BCUT2D eigenvalue weighted by atomic mass is 10.2. The molecule has 0 aliphatic carbocycles. The fraction of sp³-hybridized carbons (Fsp3) is 0.467. The molecule has 18 heavy (non-hydrogen) atoms. The van der Waals surface area contributed by atoms with Gasteiger partial charge in [0.2, 0.25) is 0 Å². The molecule has 0 spiro atoms. The van der Waals surface area contributed by atoms with Crippen LogP contribution < -0.4 is 4.74 Å². The lowest BCUT2D eigenvalue weighted by Crippen LogP contribution is -2.01. The van der Waals surface area contributed by atoms with Crippen molar-refractivity contribution in [3.8, 4) is 5.75 Å². The zero-order chi connectivity index (χ0) is 12.8. The third-order valence-corrected chi connectivity index (χ3v) is 2.95. The zero-order valence-corrected chi connectivity index (χ0v) is 11.2. The molecule has 0 radical (unpaired) electrons. The molecule has 0 saturated carbocycles. The van der Waals surface area contributed by atoms with Crippen LogP contribution in [0.5, 0.6) is 5.75 Å². The Hall–Kier alpha value is -1.48. The van der Waals surface area contributed by atoms with E-state index in [0.717, 1.165) is 31.9 Å². The van der Waals surface area contributed by atoms with Gasteiger partial charge in [0.25, 0.3) is 0 Å². The zero-order valence-electron chi connectivity index (χ0n) is 11.2. The van der Waals surface area contributed by atoms with Crippen LogP contribution in [0.4, 0.5) is 0 Å². The first kappa shape index (κ1) is 13.0. The number of fused-ring (bicyclic) bond motifs is 1. The predicted octanol–water partition coefficient (Wildman–Crippen LogP) is 3.47. The van der Waals surface area contributed by atoms with Gasteiger partial charge in [0.1, 0.15) is 5.75 Å². The van der Waals surface area contributed by atoms with Crippen molar-refractivity contribution in [3.05, 3.63) is 30.5 Å². The second-order valence-corrected chi connectivity index (χ2v) is 4.21. The van der Waals surface area contributed by atoms with Crippen molar-refractivity contribution < 1.29 is 9.47 Å². The Morgan fingerprint density at radius 1 is 1.11 bits per heavy atom. The molecule has 0 atom stereocenters. The van der Waals surface area contributed by atoms with Gasteiger partial charge in [0.05, 0.1) is 6.61 Å². The Morgan fingerprint density at radius 3 is 2.78 bits per heavy atom. The minimum absolute atomic E-state index is 0.709. The molecule has 2 rings (SSSR count). The van der Waals surface area contributed by atoms with Gasteiger partial charge in [-0.25, -0.2) is 0 Å². The minimum Gasteiger partial charge on any atom is -0.494 e. The van der Waals surface area contributed by atoms with Crippen LogP contribution in [0.2, 0.25) is 0 Å². The molecule has 98 valence electrons. The number of aryl methyl sites for hydroxylation is 1. The molecule has 3 nitrogen and oxygen atoms in total. The summed E-state index contributed by atoms with van der Waals surface area (Å²) < 4.78 is 13.1. The molecule has 0 saturated heterocycles. The first-order chi connectivity index (χ1) is 8.85. The Labute approximate surface area is 108 Å². The highest BCUT2D eigenvalue weighted by molar-refractivity contribution is 5.81. The summed E-state index contributed by atoms with van der Waals surface area (Å²) >= 11 is 0. The maximum atomic E-state index is 5.51. The van der Waals surface area contributed by atoms with Crippen LogP contribution in [0, 0.1) is 0 Å². The maximum Gasteiger partial charge on any atom is 0.120 e. The first-order valence-electron chi connectivity index (χ1n) is 6.64. The minimum atomic E-state index is 0.709. The molecule has 0 aliphatic rings. The molecule has 2 aromatic rings. The van der Waals surface area contributed by atoms with E-state index < -0.39 is 0 Å². The van der Waals surface area contributed by atoms with Crippen molar-refractivity contribution >= 4 is 10.9 Å². The van der Waals surface area contributed by atoms with Gasteiger partial charge >= 0.3 is 0 Å². The van der Waals surface area contributed by atoms with Crippen LogP contribution in [-0.2, 0) is 11.3 Å². The van der Waals surface area contributed by atoms with Gasteiger partial charge in [-0.05, 0) is 44.5 Å². The Balaban J connectivity index is 2.06. The molecule has 1 aromatic heterocycles. The van der Waals surface area contributed by atoms with E-state index in [1.54, 1.807) is 0 Å². The summed E-state index contributed by atoms with van der Waals surface area (Å²) in [7, 11) is 0. The number of rotatable bonds is 7. The molecule has 0 bridgehead atoms. The van der Waals surface area contributed by atoms with Gasteiger partial charge in [0, 0.05) is 36.9 Å². The van der Waals surface area contributed by atoms with Crippen molar-refractivity contribution in [1.29, 1.82) is 0 Å². The lowest BCUT2D eigenvalue weighted by Gasteiger charge is -2.07. The summed E-state index contributed by atoms with van der Waals surface area (Å²) in [5, 5.41) is 1.23. The number of hydrogen-bond donors (Lipinski definition) is 0. The van der Waals surface area contributed by atoms with E-state index in [9.17, 15) is 0 Å². The standard InChI is InChI=1S/C15H21NO2/c1-3-17-11-5-9-16-10-8-13-12-14(18-4-2)6-7-15(13)16/h6-8,10,12H,3-5,9,11H2,1-2H3. The maximum absolute atomic E-state index is 5.51. The predicted molar refractivity (Wildman–Crippen MR) is 74.2 cm³/mol. The van der Waals surface area contributed by atoms with Gasteiger partial charge in [-0.15, -0.1) is 0 Å². The third kappa shape index (κ3) is 3.05. The molecule has 0 unspecified atom stereocenters. The molecular formula is C15H21NO2. The van der Waals surface area contributed by atoms with Crippen molar-refractivity contribution in [2.75, 3.05) is 19.8 Å². The Morgan fingerprint density at radius 2 is 2.00 bits per heavy atom. The van der Waals surface area contributed by atoms with Gasteiger partial charge in [-0.3, -0.25) is 0 Å². The average molecular weight is 247 g/mol. The second kappa shape index (κ2) is 6.45. The number of ether oxygens (including phenoxy) is 2. The first-order valence-corrected chi connectivity index (χ1v) is 6.64. The van der Waals surface area contributed by atoms with Crippen LogP contribution in [0.15, 0.2) is 30.5 Å². The van der Waals surface area contributed by atoms with Crippen LogP contribution in [-0.4, -0.2) is 24.4 Å². The van der Waals surface area contributed by atoms with Gasteiger partial charge < -0.3 is 14.0 Å². The molecule has 3 heteroatoms. The topological polar surface area (TPSA) is 23.4 Å². The summed E-state index contributed by atoms with van der Waals surface area (Å²) in [4.78, 5) is 0. The van der Waals surface area contributed by atoms with Crippen LogP contribution in [0.25, 0.3) is 10.9 Å². The summed E-state index contributed by atoms with van der Waals surface area (Å²) in [6.45, 7) is 7.36. The molecule has 0 amide bonds. The summed E-state index contributed by atoms with van der Waals surface area (Å²) in [6, 6.07) is 8.39. The molecule has 0 aliphatic heterocycles. The monoisotopic (exact) mass is 247 g/mol. The molecule has 1 aromatic carbocycles. The summed E-state index contributed by atoms with van der Waals surface area (Å²) in [6.07, 6.45) is 3.18.